The van der Waals surface area contributed by atoms with Gasteiger partial charge in [-0.15, -0.1) is 0 Å². The molecule has 1 unspecified atom stereocenters. The Bertz CT molecular complexity index is 1170. The zero-order valence-electron chi connectivity index (χ0n) is 36.9. The van der Waals surface area contributed by atoms with Crippen LogP contribution in [-0.4, -0.2) is 74.5 Å². The zero-order chi connectivity index (χ0) is 41.2. The van der Waals surface area contributed by atoms with Crippen molar-refractivity contribution in [2.24, 2.45) is 5.41 Å². The van der Waals surface area contributed by atoms with Crippen molar-refractivity contribution in [1.29, 1.82) is 0 Å². The van der Waals surface area contributed by atoms with E-state index in [2.05, 4.69) is 74.4 Å². The number of piperidine rings is 1. The predicted octanol–water partition coefficient (Wildman–Crippen LogP) is 12.1. The standard InChI is InChI=1S/C49H83NO7/c1-5-7-9-11-13-15-17-19-21-23-25-27-29-31-33-35-45(51)56-44-42-54-43(41-55-48(53)49(3)37-39-50(4)40-38-49)47(44)57-46(52)36-34-32-30-28-26-24-22-20-18-16-14-12-10-8-6-2/h13-16,19-22,43-44,47H,5-12,17-18,23-42H2,1-4H3/b15-13-,16-14-,21-19-,22-20-/t43-,44?,47+/m1/s1. The molecule has 57 heavy (non-hydrogen) atoms. The van der Waals surface area contributed by atoms with Crippen molar-refractivity contribution >= 4 is 17.9 Å². The Hall–Kier alpha value is -2.71. The van der Waals surface area contributed by atoms with Crippen LogP contribution in [0.3, 0.4) is 0 Å². The fourth-order valence-electron chi connectivity index (χ4n) is 7.29. The molecular formula is C49H83NO7. The number of carbonyl (C=O) groups excluding carboxylic acids is 3. The topological polar surface area (TPSA) is 91.4 Å². The molecule has 0 radical (unpaired) electrons. The molecule has 2 fully saturated rings. The lowest BCUT2D eigenvalue weighted by atomic mass is 9.80. The number of carbonyl (C=O) groups is 3. The van der Waals surface area contributed by atoms with E-state index < -0.39 is 23.7 Å². The van der Waals surface area contributed by atoms with E-state index in [4.69, 9.17) is 18.9 Å². The maximum Gasteiger partial charge on any atom is 0.311 e. The van der Waals surface area contributed by atoms with E-state index in [-0.39, 0.29) is 31.1 Å². The highest BCUT2D eigenvalue weighted by molar-refractivity contribution is 5.76. The van der Waals surface area contributed by atoms with Gasteiger partial charge in [0.15, 0.2) is 12.2 Å². The quantitative estimate of drug-likeness (QED) is 0.0281. The van der Waals surface area contributed by atoms with Crippen LogP contribution in [0.1, 0.15) is 188 Å². The third kappa shape index (κ3) is 24.7. The van der Waals surface area contributed by atoms with Gasteiger partial charge >= 0.3 is 17.9 Å². The van der Waals surface area contributed by atoms with Gasteiger partial charge < -0.3 is 23.8 Å². The largest absolute Gasteiger partial charge is 0.462 e. The monoisotopic (exact) mass is 798 g/mol. The van der Waals surface area contributed by atoms with Gasteiger partial charge in [-0.05, 0) is 117 Å². The smallest absolute Gasteiger partial charge is 0.311 e. The van der Waals surface area contributed by atoms with Gasteiger partial charge in [0.05, 0.1) is 12.0 Å². The molecular weight excluding hydrogens is 715 g/mol. The average Bonchev–Trinajstić information content (AvgIpc) is 3.57. The second-order valence-corrected chi connectivity index (χ2v) is 16.8. The fraction of sp³-hybridized carbons (Fsp3) is 0.776. The fourth-order valence-corrected chi connectivity index (χ4v) is 7.29. The molecule has 0 spiro atoms. The van der Waals surface area contributed by atoms with Crippen molar-refractivity contribution in [3.05, 3.63) is 48.6 Å². The van der Waals surface area contributed by atoms with Gasteiger partial charge in [-0.25, -0.2) is 0 Å². The molecule has 0 bridgehead atoms. The molecule has 326 valence electrons. The van der Waals surface area contributed by atoms with Crippen LogP contribution in [0.15, 0.2) is 48.6 Å². The first-order chi connectivity index (χ1) is 27.8. The summed E-state index contributed by atoms with van der Waals surface area (Å²) in [6.45, 7) is 8.18. The van der Waals surface area contributed by atoms with E-state index in [9.17, 15) is 14.4 Å². The van der Waals surface area contributed by atoms with Gasteiger partial charge in [0.1, 0.15) is 12.7 Å². The Morgan fingerprint density at radius 2 is 1.05 bits per heavy atom. The van der Waals surface area contributed by atoms with E-state index >= 15 is 0 Å². The van der Waals surface area contributed by atoms with Gasteiger partial charge in [-0.1, -0.05) is 127 Å². The summed E-state index contributed by atoms with van der Waals surface area (Å²) in [5.41, 5.74) is -0.550. The lowest BCUT2D eigenvalue weighted by Crippen LogP contribution is -2.44. The van der Waals surface area contributed by atoms with Gasteiger partial charge in [-0.3, -0.25) is 14.4 Å². The number of ether oxygens (including phenoxy) is 4. The van der Waals surface area contributed by atoms with E-state index in [0.717, 1.165) is 116 Å². The number of rotatable bonds is 33. The van der Waals surface area contributed by atoms with Crippen molar-refractivity contribution < 1.29 is 33.3 Å². The van der Waals surface area contributed by atoms with Crippen LogP contribution < -0.4 is 0 Å². The van der Waals surface area contributed by atoms with Gasteiger partial charge in [-0.2, -0.15) is 0 Å². The summed E-state index contributed by atoms with van der Waals surface area (Å²) in [5, 5.41) is 0. The summed E-state index contributed by atoms with van der Waals surface area (Å²) >= 11 is 0. The minimum atomic E-state index is -0.804. The van der Waals surface area contributed by atoms with Crippen LogP contribution in [-0.2, 0) is 33.3 Å². The minimum Gasteiger partial charge on any atom is -0.462 e. The number of hydrogen-bond acceptors (Lipinski definition) is 8. The summed E-state index contributed by atoms with van der Waals surface area (Å²) in [7, 11) is 2.06. The Morgan fingerprint density at radius 3 is 1.54 bits per heavy atom. The predicted molar refractivity (Wildman–Crippen MR) is 234 cm³/mol. The summed E-state index contributed by atoms with van der Waals surface area (Å²) in [6.07, 6.45) is 42.6. The van der Waals surface area contributed by atoms with Crippen molar-refractivity contribution in [1.82, 2.24) is 4.90 Å². The molecule has 0 aromatic carbocycles. The molecule has 0 saturated carbocycles. The molecule has 0 aromatic rings. The summed E-state index contributed by atoms with van der Waals surface area (Å²) in [6, 6.07) is 0. The van der Waals surface area contributed by atoms with E-state index in [0.29, 0.717) is 12.8 Å². The minimum absolute atomic E-state index is 0.0368. The van der Waals surface area contributed by atoms with Crippen LogP contribution in [0.5, 0.6) is 0 Å². The lowest BCUT2D eigenvalue weighted by Gasteiger charge is -2.36. The number of likely N-dealkylation sites (tertiary alicyclic amines) is 1. The molecule has 0 amide bonds. The lowest BCUT2D eigenvalue weighted by molar-refractivity contribution is -0.171. The van der Waals surface area contributed by atoms with Crippen LogP contribution in [0, 0.1) is 5.41 Å². The van der Waals surface area contributed by atoms with E-state index in [1.807, 2.05) is 6.92 Å². The molecule has 0 aliphatic carbocycles. The van der Waals surface area contributed by atoms with Crippen LogP contribution in [0.4, 0.5) is 0 Å². The molecule has 2 saturated heterocycles. The third-order valence-electron chi connectivity index (χ3n) is 11.4. The Morgan fingerprint density at radius 1 is 0.614 bits per heavy atom. The maximum absolute atomic E-state index is 13.2. The molecule has 2 aliphatic heterocycles. The van der Waals surface area contributed by atoms with Gasteiger partial charge in [0.25, 0.3) is 0 Å². The number of hydrogen-bond donors (Lipinski definition) is 0. The summed E-state index contributed by atoms with van der Waals surface area (Å²) in [5.74, 6) is -0.888. The van der Waals surface area contributed by atoms with Crippen molar-refractivity contribution in [2.45, 2.75) is 206 Å². The average molecular weight is 798 g/mol. The van der Waals surface area contributed by atoms with Gasteiger partial charge in [0, 0.05) is 12.8 Å². The molecule has 0 aromatic heterocycles. The molecule has 0 N–H and O–H groups in total. The zero-order valence-corrected chi connectivity index (χ0v) is 36.9. The highest BCUT2D eigenvalue weighted by Crippen LogP contribution is 2.32. The normalized spacial score (nSPS) is 20.0. The SMILES string of the molecule is CCCCC/C=C\C/C=C\CCCCCCCC(=O)OC1CO[C@H](COC(=O)C2(C)CCN(C)CC2)[C@@H]1OC(=O)CCCCCCC/C=C\C/C=C\CCCCC. The third-order valence-corrected chi connectivity index (χ3v) is 11.4. The Labute approximate surface area is 348 Å². The number of unbranched alkanes of at least 4 members (excludes halogenated alkanes) is 16. The highest BCUT2D eigenvalue weighted by Gasteiger charge is 2.45. The number of nitrogens with zero attached hydrogens (tertiary/aromatic N) is 1. The second kappa shape index (κ2) is 33.2. The molecule has 8 nitrogen and oxygen atoms in total. The van der Waals surface area contributed by atoms with Crippen LogP contribution in [0.25, 0.3) is 0 Å². The van der Waals surface area contributed by atoms with E-state index in [1.165, 1.54) is 51.4 Å². The molecule has 3 atom stereocenters. The molecule has 2 rings (SSSR count). The highest BCUT2D eigenvalue weighted by atomic mass is 16.6. The second-order valence-electron chi connectivity index (χ2n) is 16.8. The van der Waals surface area contributed by atoms with Crippen LogP contribution >= 0.6 is 0 Å². The Kier molecular flexibility index (Phi) is 29.3. The first kappa shape index (κ1) is 50.4. The number of esters is 3. The van der Waals surface area contributed by atoms with Gasteiger partial charge in [0.2, 0.25) is 0 Å². The van der Waals surface area contributed by atoms with E-state index in [1.54, 1.807) is 0 Å². The summed E-state index contributed by atoms with van der Waals surface area (Å²) in [4.78, 5) is 41.3. The maximum atomic E-state index is 13.2. The molecule has 8 heteroatoms. The van der Waals surface area contributed by atoms with Crippen LogP contribution in [0.2, 0.25) is 0 Å². The molecule has 2 heterocycles. The summed E-state index contributed by atoms with van der Waals surface area (Å²) < 4.78 is 23.6. The first-order valence-corrected chi connectivity index (χ1v) is 23.2. The Balaban J connectivity index is 1.71. The van der Waals surface area contributed by atoms with Crippen molar-refractivity contribution in [2.75, 3.05) is 33.4 Å². The number of allylic oxidation sites excluding steroid dienone is 8. The van der Waals surface area contributed by atoms with Crippen molar-refractivity contribution in [3.63, 3.8) is 0 Å². The molecule has 2 aliphatic rings. The van der Waals surface area contributed by atoms with Crippen molar-refractivity contribution in [3.8, 4) is 0 Å². The first-order valence-electron chi connectivity index (χ1n) is 23.2.